The molecule has 2 heterocycles. The molecule has 0 aromatic carbocycles. The Morgan fingerprint density at radius 3 is 2.88 bits per heavy atom. The molecule has 8 nitrogen and oxygen atoms in total. The molecule has 1 aliphatic rings. The number of piperidine rings is 1. The second-order valence-electron chi connectivity index (χ2n) is 4.14. The minimum absolute atomic E-state index is 0.0721. The number of hydrogen-bond donors (Lipinski definition) is 2. The van der Waals surface area contributed by atoms with Crippen molar-refractivity contribution in [3.05, 3.63) is 5.82 Å². The van der Waals surface area contributed by atoms with Gasteiger partial charge in [-0.05, 0) is 24.0 Å². The van der Waals surface area contributed by atoms with Gasteiger partial charge in [0.05, 0.1) is 0 Å². The Kier molecular flexibility index (Phi) is 3.03. The maximum absolute atomic E-state index is 12.0. The number of nitrogens with zero attached hydrogens (tertiary/aromatic N) is 4. The Labute approximate surface area is 97.0 Å². The van der Waals surface area contributed by atoms with Crippen molar-refractivity contribution in [2.45, 2.75) is 25.8 Å². The molecule has 2 atom stereocenters. The van der Waals surface area contributed by atoms with Gasteiger partial charge in [-0.2, -0.15) is 5.21 Å². The third kappa shape index (κ3) is 2.10. The number of carbonyl (C=O) groups is 2. The number of aromatic amines is 1. The highest BCUT2D eigenvalue weighted by Gasteiger charge is 2.38. The number of amides is 1. The average molecular weight is 239 g/mol. The maximum atomic E-state index is 12.0. The summed E-state index contributed by atoms with van der Waals surface area (Å²) in [5.41, 5.74) is 0. The number of nitrogens with one attached hydrogen (secondary N) is 1. The molecule has 1 aromatic rings. The number of carboxylic acid groups (broad SMARTS) is 1. The van der Waals surface area contributed by atoms with Crippen molar-refractivity contribution in [2.24, 2.45) is 5.92 Å². The Morgan fingerprint density at radius 2 is 2.29 bits per heavy atom. The molecule has 1 aromatic heterocycles. The van der Waals surface area contributed by atoms with Crippen LogP contribution in [-0.4, -0.2) is 55.1 Å². The molecule has 1 amide bonds. The molecule has 1 fully saturated rings. The van der Waals surface area contributed by atoms with E-state index in [9.17, 15) is 9.59 Å². The van der Waals surface area contributed by atoms with Gasteiger partial charge >= 0.3 is 5.97 Å². The zero-order chi connectivity index (χ0) is 12.4. The molecular formula is C9H13N5O3. The van der Waals surface area contributed by atoms with Crippen LogP contribution >= 0.6 is 0 Å². The van der Waals surface area contributed by atoms with Gasteiger partial charge in [0.2, 0.25) is 0 Å². The van der Waals surface area contributed by atoms with Gasteiger partial charge in [0, 0.05) is 6.54 Å². The van der Waals surface area contributed by atoms with Gasteiger partial charge in [-0.1, -0.05) is 6.92 Å². The van der Waals surface area contributed by atoms with Crippen molar-refractivity contribution in [3.8, 4) is 0 Å². The largest absolute Gasteiger partial charge is 0.480 e. The summed E-state index contributed by atoms with van der Waals surface area (Å²) >= 11 is 0. The summed E-state index contributed by atoms with van der Waals surface area (Å²) in [4.78, 5) is 24.5. The van der Waals surface area contributed by atoms with Crippen LogP contribution in [0.5, 0.6) is 0 Å². The number of H-pyrrole nitrogens is 1. The van der Waals surface area contributed by atoms with E-state index in [1.807, 2.05) is 6.92 Å². The second kappa shape index (κ2) is 4.48. The minimum atomic E-state index is -0.992. The highest BCUT2D eigenvalue weighted by atomic mass is 16.4. The summed E-state index contributed by atoms with van der Waals surface area (Å²) < 4.78 is 0. The number of tetrazole rings is 1. The molecule has 1 saturated heterocycles. The topological polar surface area (TPSA) is 112 Å². The van der Waals surface area contributed by atoms with Crippen LogP contribution in [0.3, 0.4) is 0 Å². The fourth-order valence-electron chi connectivity index (χ4n) is 2.17. The molecule has 2 rings (SSSR count). The van der Waals surface area contributed by atoms with Gasteiger partial charge in [0.25, 0.3) is 11.7 Å². The molecule has 92 valence electrons. The monoisotopic (exact) mass is 239 g/mol. The van der Waals surface area contributed by atoms with E-state index in [2.05, 4.69) is 20.6 Å². The van der Waals surface area contributed by atoms with Crippen LogP contribution in [0.15, 0.2) is 0 Å². The van der Waals surface area contributed by atoms with E-state index in [1.165, 1.54) is 4.90 Å². The normalized spacial score (nSPS) is 24.6. The van der Waals surface area contributed by atoms with Gasteiger partial charge in [-0.15, -0.1) is 10.2 Å². The van der Waals surface area contributed by atoms with E-state index in [0.717, 1.165) is 12.8 Å². The number of likely N-dealkylation sites (tertiary alicyclic amines) is 1. The molecule has 1 aliphatic heterocycles. The lowest BCUT2D eigenvalue weighted by Gasteiger charge is -2.36. The predicted octanol–water partition coefficient (Wildman–Crippen LogP) is -0.475. The molecule has 17 heavy (non-hydrogen) atoms. The summed E-state index contributed by atoms with van der Waals surface area (Å²) in [5, 5.41) is 21.8. The summed E-state index contributed by atoms with van der Waals surface area (Å²) in [6, 6.07) is -0.810. The maximum Gasteiger partial charge on any atom is 0.326 e. The standard InChI is InChI=1S/C9H13N5O3/c1-5-3-2-4-14(6(5)9(16)17)8(15)7-10-12-13-11-7/h5-6H,2-4H2,1H3,(H,16,17)(H,10,11,12,13). The van der Waals surface area contributed by atoms with Crippen LogP contribution in [0, 0.1) is 5.92 Å². The van der Waals surface area contributed by atoms with E-state index in [4.69, 9.17) is 5.11 Å². The summed E-state index contributed by atoms with van der Waals surface area (Å²) in [6.07, 6.45) is 1.58. The molecule has 0 saturated carbocycles. The highest BCUT2D eigenvalue weighted by molar-refractivity contribution is 5.93. The fourth-order valence-corrected chi connectivity index (χ4v) is 2.17. The van der Waals surface area contributed by atoms with Crippen molar-refractivity contribution in [1.29, 1.82) is 0 Å². The fraction of sp³-hybridized carbons (Fsp3) is 0.667. The molecule has 8 heteroatoms. The summed E-state index contributed by atoms with van der Waals surface area (Å²) in [7, 11) is 0. The van der Waals surface area contributed by atoms with E-state index in [-0.39, 0.29) is 11.7 Å². The van der Waals surface area contributed by atoms with Gasteiger partial charge in [-0.25, -0.2) is 4.79 Å². The Morgan fingerprint density at radius 1 is 1.53 bits per heavy atom. The lowest BCUT2D eigenvalue weighted by Crippen LogP contribution is -2.52. The average Bonchev–Trinajstić information content (AvgIpc) is 2.80. The zero-order valence-electron chi connectivity index (χ0n) is 9.33. The van der Waals surface area contributed by atoms with Crippen molar-refractivity contribution < 1.29 is 14.7 Å². The summed E-state index contributed by atoms with van der Waals surface area (Å²) in [6.45, 7) is 2.24. The van der Waals surface area contributed by atoms with Crippen LogP contribution in [0.1, 0.15) is 30.4 Å². The first kappa shape index (κ1) is 11.5. The zero-order valence-corrected chi connectivity index (χ0v) is 9.33. The third-order valence-corrected chi connectivity index (χ3v) is 2.98. The number of carboxylic acids is 1. The molecule has 0 aliphatic carbocycles. The van der Waals surface area contributed by atoms with E-state index in [1.54, 1.807) is 0 Å². The Bertz CT molecular complexity index is 418. The number of carbonyl (C=O) groups excluding carboxylic acids is 1. The molecule has 0 radical (unpaired) electrons. The number of aromatic nitrogens is 4. The molecule has 0 bridgehead atoms. The Hall–Kier alpha value is -1.99. The lowest BCUT2D eigenvalue weighted by molar-refractivity contribution is -0.145. The van der Waals surface area contributed by atoms with Gasteiger partial charge in [0.1, 0.15) is 6.04 Å². The quantitative estimate of drug-likeness (QED) is 0.721. The minimum Gasteiger partial charge on any atom is -0.480 e. The van der Waals surface area contributed by atoms with Crippen molar-refractivity contribution in [1.82, 2.24) is 25.5 Å². The van der Waals surface area contributed by atoms with E-state index >= 15 is 0 Å². The SMILES string of the molecule is CC1CCCN(C(=O)c2nn[nH]n2)C1C(=O)O. The van der Waals surface area contributed by atoms with Crippen molar-refractivity contribution in [2.75, 3.05) is 6.54 Å². The van der Waals surface area contributed by atoms with E-state index in [0.29, 0.717) is 6.54 Å². The number of rotatable bonds is 2. The molecule has 2 N–H and O–H groups in total. The molecule has 2 unspecified atom stereocenters. The van der Waals surface area contributed by atoms with Crippen LogP contribution in [-0.2, 0) is 4.79 Å². The first-order valence-electron chi connectivity index (χ1n) is 5.38. The number of hydrogen-bond acceptors (Lipinski definition) is 5. The van der Waals surface area contributed by atoms with Crippen LogP contribution in [0.4, 0.5) is 0 Å². The first-order valence-corrected chi connectivity index (χ1v) is 5.38. The predicted molar refractivity (Wildman–Crippen MR) is 55.0 cm³/mol. The van der Waals surface area contributed by atoms with Gasteiger partial charge in [0.15, 0.2) is 0 Å². The number of aliphatic carboxylic acids is 1. The van der Waals surface area contributed by atoms with Crippen LogP contribution in [0.25, 0.3) is 0 Å². The van der Waals surface area contributed by atoms with Crippen molar-refractivity contribution >= 4 is 11.9 Å². The highest BCUT2D eigenvalue weighted by Crippen LogP contribution is 2.24. The van der Waals surface area contributed by atoms with Gasteiger partial charge < -0.3 is 10.0 Å². The van der Waals surface area contributed by atoms with E-state index < -0.39 is 17.9 Å². The Balaban J connectivity index is 2.23. The lowest BCUT2D eigenvalue weighted by atomic mass is 9.90. The van der Waals surface area contributed by atoms with Crippen LogP contribution < -0.4 is 0 Å². The third-order valence-electron chi connectivity index (χ3n) is 2.98. The van der Waals surface area contributed by atoms with Gasteiger partial charge in [-0.3, -0.25) is 4.79 Å². The molecule has 0 spiro atoms. The molecular weight excluding hydrogens is 226 g/mol. The smallest absolute Gasteiger partial charge is 0.326 e. The second-order valence-corrected chi connectivity index (χ2v) is 4.14. The van der Waals surface area contributed by atoms with Crippen molar-refractivity contribution in [3.63, 3.8) is 0 Å². The van der Waals surface area contributed by atoms with Crippen LogP contribution in [0.2, 0.25) is 0 Å². The summed E-state index contributed by atoms with van der Waals surface area (Å²) in [5.74, 6) is -1.64. The first-order chi connectivity index (χ1) is 8.11.